The highest BCUT2D eigenvalue weighted by Gasteiger charge is 2.44. The minimum Gasteiger partial charge on any atom is -0.337 e. The van der Waals surface area contributed by atoms with Crippen molar-refractivity contribution in [2.75, 3.05) is 40.8 Å². The van der Waals surface area contributed by atoms with E-state index < -0.39 is 10.0 Å². The van der Waals surface area contributed by atoms with Crippen LogP contribution in [0, 0.1) is 0 Å². The average Bonchev–Trinajstić information content (AvgIpc) is 3.22. The van der Waals surface area contributed by atoms with Gasteiger partial charge in [-0.15, -0.1) is 0 Å². The Hall–Kier alpha value is -2.92. The van der Waals surface area contributed by atoms with Crippen molar-refractivity contribution in [1.82, 2.24) is 20.3 Å². The van der Waals surface area contributed by atoms with E-state index in [-0.39, 0.29) is 5.54 Å². The lowest BCUT2D eigenvalue weighted by Crippen LogP contribution is -2.63. The number of hydrogen-bond acceptors (Lipinski definition) is 7. The van der Waals surface area contributed by atoms with Crippen LogP contribution in [0.5, 0.6) is 0 Å². The van der Waals surface area contributed by atoms with Crippen LogP contribution < -0.4 is 25.2 Å². The number of hydrogen-bond donors (Lipinski definition) is 4. The van der Waals surface area contributed by atoms with Crippen LogP contribution in [0.4, 0.5) is 23.1 Å². The molecule has 10 nitrogen and oxygen atoms in total. The molecule has 1 aromatic carbocycles. The maximum atomic E-state index is 11.6. The number of anilines is 4. The molecule has 11 heteroatoms. The van der Waals surface area contributed by atoms with Crippen molar-refractivity contribution in [2.45, 2.75) is 37.6 Å². The van der Waals surface area contributed by atoms with E-state index in [0.717, 1.165) is 55.8 Å². The zero-order valence-corrected chi connectivity index (χ0v) is 18.9. The van der Waals surface area contributed by atoms with E-state index in [1.807, 2.05) is 6.07 Å². The number of H-pyrrole nitrogens is 2. The molecule has 1 spiro atoms. The van der Waals surface area contributed by atoms with Gasteiger partial charge in [-0.25, -0.2) is 18.4 Å². The normalized spacial score (nSPS) is 18.7. The van der Waals surface area contributed by atoms with Gasteiger partial charge in [-0.05, 0) is 31.0 Å². The highest BCUT2D eigenvalue weighted by molar-refractivity contribution is 7.92. The standard InChI is InChI=1S/C21H28N8O2S/c1-32(30,31)28-16-7-5-6-15(12-16)25-20-26-18-17(23-14-24-18)19(27-20)29-11-10-22-13-21(29)8-3-2-4-9-21/h5-7,12,14,22,28H,2-4,8-11,13H2,1H3,(H2,23,24,25,26,27)/p+1. The molecule has 2 aromatic heterocycles. The molecule has 1 saturated heterocycles. The highest BCUT2D eigenvalue weighted by Crippen LogP contribution is 2.38. The van der Waals surface area contributed by atoms with Crippen molar-refractivity contribution in [1.29, 1.82) is 0 Å². The third-order valence-electron chi connectivity index (χ3n) is 6.33. The zero-order chi connectivity index (χ0) is 22.2. The molecule has 1 saturated carbocycles. The summed E-state index contributed by atoms with van der Waals surface area (Å²) in [6, 6.07) is 7.10. The van der Waals surface area contributed by atoms with Gasteiger partial charge in [0.2, 0.25) is 21.5 Å². The minimum atomic E-state index is -3.35. The van der Waals surface area contributed by atoms with Crippen molar-refractivity contribution in [3.8, 4) is 0 Å². The summed E-state index contributed by atoms with van der Waals surface area (Å²) in [4.78, 5) is 18.3. The van der Waals surface area contributed by atoms with Gasteiger partial charge >= 0.3 is 5.95 Å². The Balaban J connectivity index is 1.51. The van der Waals surface area contributed by atoms with Crippen LogP contribution >= 0.6 is 0 Å². The van der Waals surface area contributed by atoms with E-state index in [2.05, 4.69) is 40.2 Å². The Morgan fingerprint density at radius 2 is 2.00 bits per heavy atom. The van der Waals surface area contributed by atoms with Gasteiger partial charge in [0.05, 0.1) is 36.0 Å². The van der Waals surface area contributed by atoms with Crippen LogP contribution in [0.1, 0.15) is 32.1 Å². The van der Waals surface area contributed by atoms with Crippen LogP contribution in [0.2, 0.25) is 0 Å². The predicted octanol–water partition coefficient (Wildman–Crippen LogP) is 2.00. The van der Waals surface area contributed by atoms with E-state index in [9.17, 15) is 8.42 Å². The maximum absolute atomic E-state index is 11.6. The number of nitrogens with one attached hydrogen (secondary N) is 5. The number of nitrogens with zero attached hydrogens (tertiary/aromatic N) is 3. The van der Waals surface area contributed by atoms with Gasteiger partial charge in [-0.1, -0.05) is 30.3 Å². The first-order chi connectivity index (χ1) is 15.4. The van der Waals surface area contributed by atoms with Gasteiger partial charge < -0.3 is 10.3 Å². The fraction of sp³-hybridized carbons (Fsp3) is 0.476. The second-order valence-corrected chi connectivity index (χ2v) is 10.5. The van der Waals surface area contributed by atoms with Crippen molar-refractivity contribution >= 4 is 44.3 Å². The van der Waals surface area contributed by atoms with Gasteiger partial charge in [0.1, 0.15) is 0 Å². The molecule has 2 aliphatic rings. The summed E-state index contributed by atoms with van der Waals surface area (Å²) in [6.45, 7) is 2.80. The molecule has 170 valence electrons. The Bertz CT molecular complexity index is 1210. The van der Waals surface area contributed by atoms with E-state index >= 15 is 0 Å². The van der Waals surface area contributed by atoms with E-state index in [0.29, 0.717) is 17.3 Å². The van der Waals surface area contributed by atoms with Crippen LogP contribution in [-0.4, -0.2) is 54.8 Å². The fourth-order valence-corrected chi connectivity index (χ4v) is 5.53. The molecule has 1 aliphatic carbocycles. The second kappa shape index (κ2) is 8.21. The van der Waals surface area contributed by atoms with Crippen LogP contribution in [-0.2, 0) is 10.0 Å². The summed E-state index contributed by atoms with van der Waals surface area (Å²) in [5, 5.41) is 6.88. The van der Waals surface area contributed by atoms with Crippen LogP contribution in [0.25, 0.3) is 11.2 Å². The zero-order valence-electron chi connectivity index (χ0n) is 18.1. The number of fused-ring (bicyclic) bond motifs is 1. The van der Waals surface area contributed by atoms with E-state index in [4.69, 9.17) is 0 Å². The molecule has 2 fully saturated rings. The largest absolute Gasteiger partial charge is 0.351 e. The molecular formula is C21H29N8O2S+. The van der Waals surface area contributed by atoms with Crippen molar-refractivity contribution < 1.29 is 13.4 Å². The minimum absolute atomic E-state index is 0.0863. The van der Waals surface area contributed by atoms with Gasteiger partial charge in [-0.3, -0.25) is 14.9 Å². The van der Waals surface area contributed by atoms with Gasteiger partial charge in [0, 0.05) is 13.1 Å². The summed E-state index contributed by atoms with van der Waals surface area (Å²) >= 11 is 0. The van der Waals surface area contributed by atoms with Gasteiger partial charge in [0.25, 0.3) is 0 Å². The van der Waals surface area contributed by atoms with E-state index in [1.165, 1.54) is 19.3 Å². The van der Waals surface area contributed by atoms with E-state index in [1.54, 1.807) is 24.5 Å². The van der Waals surface area contributed by atoms with Crippen LogP contribution in [0.15, 0.2) is 30.6 Å². The lowest BCUT2D eigenvalue weighted by molar-refractivity contribution is -0.350. The summed E-state index contributed by atoms with van der Waals surface area (Å²) in [5.41, 5.74) is 2.83. The quantitative estimate of drug-likeness (QED) is 0.461. The summed E-state index contributed by atoms with van der Waals surface area (Å²) in [7, 11) is -3.35. The SMILES string of the molecule is CS(=O)(=O)Nc1cccc(Nc2nc3nc[nH]c3c(N3CCNCC34CCCCC4)[nH+]2)c1. The molecule has 0 bridgehead atoms. The Kier molecular flexibility index (Phi) is 5.38. The average molecular weight is 458 g/mol. The third-order valence-corrected chi connectivity index (χ3v) is 6.94. The summed E-state index contributed by atoms with van der Waals surface area (Å²) in [5.74, 6) is 1.55. The van der Waals surface area contributed by atoms with Gasteiger partial charge in [0.15, 0.2) is 5.52 Å². The van der Waals surface area contributed by atoms with Crippen molar-refractivity contribution in [3.63, 3.8) is 0 Å². The number of rotatable bonds is 5. The molecule has 5 rings (SSSR count). The number of aromatic amines is 2. The summed E-state index contributed by atoms with van der Waals surface area (Å²) < 4.78 is 25.7. The molecule has 0 radical (unpaired) electrons. The lowest BCUT2D eigenvalue weighted by Gasteiger charge is -2.47. The predicted molar refractivity (Wildman–Crippen MR) is 125 cm³/mol. The molecule has 0 unspecified atom stereocenters. The monoisotopic (exact) mass is 457 g/mol. The molecule has 0 atom stereocenters. The first-order valence-electron chi connectivity index (χ1n) is 11.0. The first-order valence-corrected chi connectivity index (χ1v) is 12.9. The lowest BCUT2D eigenvalue weighted by atomic mass is 9.79. The fourth-order valence-electron chi connectivity index (χ4n) is 4.98. The number of piperazine rings is 1. The topological polar surface area (TPSA) is 129 Å². The first kappa shape index (κ1) is 21.0. The van der Waals surface area contributed by atoms with Gasteiger partial charge in [-0.2, -0.15) is 0 Å². The number of imidazole rings is 1. The molecule has 3 heterocycles. The molecule has 1 aliphatic heterocycles. The number of aromatic nitrogens is 4. The highest BCUT2D eigenvalue weighted by atomic mass is 32.2. The van der Waals surface area contributed by atoms with Crippen molar-refractivity contribution in [2.24, 2.45) is 0 Å². The third kappa shape index (κ3) is 4.22. The second-order valence-electron chi connectivity index (χ2n) is 8.73. The Labute approximate surface area is 187 Å². The molecular weight excluding hydrogens is 428 g/mol. The van der Waals surface area contributed by atoms with Crippen LogP contribution in [0.3, 0.4) is 0 Å². The van der Waals surface area contributed by atoms with Crippen molar-refractivity contribution in [3.05, 3.63) is 30.6 Å². The molecule has 5 N–H and O–H groups in total. The molecule has 3 aromatic rings. The number of benzene rings is 1. The molecule has 0 amide bonds. The number of sulfonamides is 1. The Morgan fingerprint density at radius 1 is 1.19 bits per heavy atom. The smallest absolute Gasteiger partial charge is 0.337 e. The summed E-state index contributed by atoms with van der Waals surface area (Å²) in [6.07, 6.45) is 8.89. The molecule has 32 heavy (non-hydrogen) atoms. The maximum Gasteiger partial charge on any atom is 0.351 e. The Morgan fingerprint density at radius 3 is 2.81 bits per heavy atom.